The fourth-order valence-electron chi connectivity index (χ4n) is 5.64. The fraction of sp³-hybridized carbons (Fsp3) is 0.379. The zero-order chi connectivity index (χ0) is 28.7. The molecule has 0 aliphatic carbocycles. The zero-order valence-electron chi connectivity index (χ0n) is 22.7. The van der Waals surface area contributed by atoms with E-state index in [0.717, 1.165) is 60.3 Å². The predicted octanol–water partition coefficient (Wildman–Crippen LogP) is 6.09. The molecule has 212 valence electrons. The van der Waals surface area contributed by atoms with Crippen molar-refractivity contribution in [2.24, 2.45) is 0 Å². The van der Waals surface area contributed by atoms with Gasteiger partial charge in [0.1, 0.15) is 28.2 Å². The number of anilines is 1. The van der Waals surface area contributed by atoms with Crippen LogP contribution in [0.2, 0.25) is 0 Å². The molecule has 1 aliphatic rings. The fourth-order valence-corrected chi connectivity index (χ4v) is 6.75. The summed E-state index contributed by atoms with van der Waals surface area (Å²) in [6.07, 6.45) is 0.188. The Morgan fingerprint density at radius 1 is 1.12 bits per heavy atom. The minimum absolute atomic E-state index is 0.174. The molecule has 0 unspecified atom stereocenters. The molecule has 1 saturated heterocycles. The number of rotatable bonds is 7. The molecule has 0 saturated carbocycles. The Morgan fingerprint density at radius 2 is 1.93 bits per heavy atom. The molecule has 5 aromatic rings. The zero-order valence-corrected chi connectivity index (χ0v) is 23.5. The SMILES string of the molecule is Cc1nc(NC2CCN(Cc3ccc4c(cc(C#N)n4Cc4cn[nH]c4)c3C)CC2)c2cc(CC(F)(F)F)sc2n1. The van der Waals surface area contributed by atoms with E-state index in [1.807, 2.05) is 16.8 Å². The number of alkyl halides is 3. The van der Waals surface area contributed by atoms with Crippen LogP contribution in [0.5, 0.6) is 0 Å². The maximum Gasteiger partial charge on any atom is 0.393 e. The Labute approximate surface area is 238 Å². The van der Waals surface area contributed by atoms with E-state index in [4.69, 9.17) is 0 Å². The summed E-state index contributed by atoms with van der Waals surface area (Å²) in [4.78, 5) is 12.2. The van der Waals surface area contributed by atoms with E-state index in [1.165, 1.54) is 11.1 Å². The molecule has 0 bridgehead atoms. The molecule has 0 amide bonds. The lowest BCUT2D eigenvalue weighted by molar-refractivity contribution is -0.126. The van der Waals surface area contributed by atoms with Crippen LogP contribution < -0.4 is 5.32 Å². The van der Waals surface area contributed by atoms with Gasteiger partial charge in [-0.3, -0.25) is 10.00 Å². The average molecular weight is 579 g/mol. The van der Waals surface area contributed by atoms with Gasteiger partial charge in [0.2, 0.25) is 0 Å². The highest BCUT2D eigenvalue weighted by molar-refractivity contribution is 7.18. The van der Waals surface area contributed by atoms with Crippen molar-refractivity contribution in [1.29, 1.82) is 5.26 Å². The monoisotopic (exact) mass is 578 g/mol. The molecule has 0 atom stereocenters. The van der Waals surface area contributed by atoms with Crippen LogP contribution in [0.15, 0.2) is 36.7 Å². The Bertz CT molecular complexity index is 1740. The summed E-state index contributed by atoms with van der Waals surface area (Å²) in [7, 11) is 0. The Hall–Kier alpha value is -3.95. The van der Waals surface area contributed by atoms with Crippen molar-refractivity contribution < 1.29 is 13.2 Å². The number of nitrogens with one attached hydrogen (secondary N) is 2. The number of H-pyrrole nitrogens is 1. The Morgan fingerprint density at radius 3 is 2.63 bits per heavy atom. The maximum absolute atomic E-state index is 13.0. The van der Waals surface area contributed by atoms with E-state index in [0.29, 0.717) is 34.1 Å². The minimum Gasteiger partial charge on any atom is -0.367 e. The first kappa shape index (κ1) is 27.2. The lowest BCUT2D eigenvalue weighted by Gasteiger charge is -2.33. The van der Waals surface area contributed by atoms with Gasteiger partial charge in [0.05, 0.1) is 24.5 Å². The van der Waals surface area contributed by atoms with Crippen LogP contribution in [0.4, 0.5) is 19.0 Å². The molecule has 12 heteroatoms. The van der Waals surface area contributed by atoms with Gasteiger partial charge in [0.25, 0.3) is 0 Å². The van der Waals surface area contributed by atoms with Gasteiger partial charge in [-0.15, -0.1) is 11.3 Å². The van der Waals surface area contributed by atoms with Crippen LogP contribution in [0.1, 0.15) is 45.9 Å². The number of thiophene rings is 1. The Kier molecular flexibility index (Phi) is 7.17. The third-order valence-electron chi connectivity index (χ3n) is 7.73. The summed E-state index contributed by atoms with van der Waals surface area (Å²) in [6, 6.07) is 10.3. The van der Waals surface area contributed by atoms with Crippen molar-refractivity contribution in [3.05, 3.63) is 69.7 Å². The van der Waals surface area contributed by atoms with Crippen LogP contribution in [0.3, 0.4) is 0 Å². The minimum atomic E-state index is -4.26. The van der Waals surface area contributed by atoms with E-state index in [-0.39, 0.29) is 10.9 Å². The second-order valence-electron chi connectivity index (χ2n) is 10.7. The molecule has 4 aromatic heterocycles. The molecular formula is C29H29F3N8S. The van der Waals surface area contributed by atoms with Gasteiger partial charge in [0, 0.05) is 53.2 Å². The first-order valence-electron chi connectivity index (χ1n) is 13.5. The highest BCUT2D eigenvalue weighted by Crippen LogP contribution is 2.34. The number of halogens is 3. The van der Waals surface area contributed by atoms with Crippen molar-refractivity contribution >= 4 is 38.3 Å². The van der Waals surface area contributed by atoms with Gasteiger partial charge in [-0.2, -0.15) is 23.5 Å². The number of aromatic amines is 1. The molecule has 6 rings (SSSR count). The number of aryl methyl sites for hydroxylation is 2. The maximum atomic E-state index is 13.0. The van der Waals surface area contributed by atoms with E-state index in [2.05, 4.69) is 55.5 Å². The summed E-state index contributed by atoms with van der Waals surface area (Å²) in [5.74, 6) is 1.16. The predicted molar refractivity (Wildman–Crippen MR) is 153 cm³/mol. The van der Waals surface area contributed by atoms with Gasteiger partial charge in [-0.05, 0) is 56.0 Å². The number of nitriles is 1. The number of benzene rings is 1. The first-order valence-corrected chi connectivity index (χ1v) is 14.3. The number of hydrogen-bond acceptors (Lipinski definition) is 7. The normalized spacial score (nSPS) is 15.1. The van der Waals surface area contributed by atoms with Gasteiger partial charge in [-0.25, -0.2) is 9.97 Å². The third kappa shape index (κ3) is 5.78. The number of likely N-dealkylation sites (tertiary alicyclic amines) is 1. The number of piperidine rings is 1. The lowest BCUT2D eigenvalue weighted by atomic mass is 10.0. The largest absolute Gasteiger partial charge is 0.393 e. The number of nitrogens with zero attached hydrogens (tertiary/aromatic N) is 6. The van der Waals surface area contributed by atoms with E-state index in [1.54, 1.807) is 19.2 Å². The van der Waals surface area contributed by atoms with Gasteiger partial charge in [0.15, 0.2) is 0 Å². The van der Waals surface area contributed by atoms with E-state index in [9.17, 15) is 18.4 Å². The number of fused-ring (bicyclic) bond motifs is 2. The average Bonchev–Trinajstić information content (AvgIpc) is 3.65. The topological polar surface area (TPSA) is 98.5 Å². The Balaban J connectivity index is 1.13. The molecule has 41 heavy (non-hydrogen) atoms. The molecule has 5 heterocycles. The first-order chi connectivity index (χ1) is 19.7. The van der Waals surface area contributed by atoms with Crippen molar-refractivity contribution in [2.75, 3.05) is 18.4 Å². The van der Waals surface area contributed by atoms with Gasteiger partial charge < -0.3 is 9.88 Å². The lowest BCUT2D eigenvalue weighted by Crippen LogP contribution is -2.39. The van der Waals surface area contributed by atoms with Crippen LogP contribution in [0.25, 0.3) is 21.1 Å². The van der Waals surface area contributed by atoms with Crippen molar-refractivity contribution in [3.63, 3.8) is 0 Å². The third-order valence-corrected chi connectivity index (χ3v) is 8.76. The second-order valence-corrected chi connectivity index (χ2v) is 11.8. The molecule has 0 radical (unpaired) electrons. The van der Waals surface area contributed by atoms with Crippen LogP contribution in [-0.2, 0) is 19.5 Å². The van der Waals surface area contributed by atoms with Gasteiger partial charge in [-0.1, -0.05) is 6.07 Å². The summed E-state index contributed by atoms with van der Waals surface area (Å²) >= 11 is 1.08. The number of aromatic nitrogens is 5. The molecule has 8 nitrogen and oxygen atoms in total. The standard InChI is InChI=1S/C29H29F3N8S/c1-17-20(3-4-26-24(17)9-22(12-33)40(26)15-19-13-34-35-14-19)16-39-7-5-21(6-8-39)38-27-25-10-23(11-29(30,31)32)41-28(25)37-18(2)36-27/h3-4,9-10,13-14,21H,5-8,11,15-16H2,1-2H3,(H,34,35)(H,36,37,38). The van der Waals surface area contributed by atoms with Crippen LogP contribution >= 0.6 is 11.3 Å². The van der Waals surface area contributed by atoms with Crippen molar-refractivity contribution in [1.82, 2.24) is 29.6 Å². The van der Waals surface area contributed by atoms with Crippen LogP contribution in [-0.4, -0.2) is 54.9 Å². The molecule has 1 aromatic carbocycles. The summed E-state index contributed by atoms with van der Waals surface area (Å²) in [6.45, 7) is 7.04. The van der Waals surface area contributed by atoms with Crippen molar-refractivity contribution in [2.45, 2.75) is 58.4 Å². The number of hydrogen-bond donors (Lipinski definition) is 2. The smallest absolute Gasteiger partial charge is 0.367 e. The quantitative estimate of drug-likeness (QED) is 0.243. The van der Waals surface area contributed by atoms with Crippen LogP contribution in [0, 0.1) is 25.2 Å². The van der Waals surface area contributed by atoms with E-state index >= 15 is 0 Å². The molecule has 2 N–H and O–H groups in total. The molecule has 1 aliphatic heterocycles. The second kappa shape index (κ2) is 10.8. The molecular weight excluding hydrogens is 549 g/mol. The van der Waals surface area contributed by atoms with Crippen molar-refractivity contribution in [3.8, 4) is 6.07 Å². The van der Waals surface area contributed by atoms with Gasteiger partial charge >= 0.3 is 6.18 Å². The molecule has 0 spiro atoms. The highest BCUT2D eigenvalue weighted by Gasteiger charge is 2.29. The summed E-state index contributed by atoms with van der Waals surface area (Å²) in [5, 5.41) is 21.8. The van der Waals surface area contributed by atoms with E-state index < -0.39 is 12.6 Å². The summed E-state index contributed by atoms with van der Waals surface area (Å²) < 4.78 is 40.9. The highest BCUT2D eigenvalue weighted by atomic mass is 32.1. The summed E-state index contributed by atoms with van der Waals surface area (Å²) in [5.41, 5.74) is 5.08. The molecule has 1 fully saturated rings.